The average Bonchev–Trinajstić information content (AvgIpc) is 2.70. The van der Waals surface area contributed by atoms with Crippen molar-refractivity contribution in [2.45, 2.75) is 19.9 Å². The van der Waals surface area contributed by atoms with Gasteiger partial charge in [-0.2, -0.15) is 0 Å². The number of hydrogen-bond donors (Lipinski definition) is 2. The van der Waals surface area contributed by atoms with Gasteiger partial charge in [-0.25, -0.2) is 0 Å². The minimum Gasteiger partial charge on any atom is -0.492 e. The first-order chi connectivity index (χ1) is 13.6. The lowest BCUT2D eigenvalue weighted by atomic mass is 10.1. The van der Waals surface area contributed by atoms with Crippen molar-refractivity contribution in [3.63, 3.8) is 0 Å². The van der Waals surface area contributed by atoms with Crippen molar-refractivity contribution in [1.29, 1.82) is 0 Å². The Bertz CT molecular complexity index is 774. The third-order valence-corrected chi connectivity index (χ3v) is 5.39. The van der Waals surface area contributed by atoms with E-state index in [1.165, 1.54) is 4.90 Å². The SMILES string of the molecule is CCOc1ccccc1N1CC[NH+](CC(=O)N[C@H](C)c2ccc(Cl)cc2)CC1. The van der Waals surface area contributed by atoms with E-state index in [0.29, 0.717) is 18.2 Å². The lowest BCUT2D eigenvalue weighted by Crippen LogP contribution is -3.15. The molecule has 3 rings (SSSR count). The molecule has 1 saturated heterocycles. The molecule has 28 heavy (non-hydrogen) atoms. The number of nitrogens with one attached hydrogen (secondary N) is 2. The van der Waals surface area contributed by atoms with Crippen molar-refractivity contribution in [3.8, 4) is 5.75 Å². The summed E-state index contributed by atoms with van der Waals surface area (Å²) in [7, 11) is 0. The van der Waals surface area contributed by atoms with Gasteiger partial charge in [0.25, 0.3) is 5.91 Å². The number of ether oxygens (including phenoxy) is 1. The van der Waals surface area contributed by atoms with Crippen LogP contribution in [0.25, 0.3) is 0 Å². The van der Waals surface area contributed by atoms with E-state index in [4.69, 9.17) is 16.3 Å². The zero-order valence-corrected chi connectivity index (χ0v) is 17.3. The van der Waals surface area contributed by atoms with E-state index in [2.05, 4.69) is 16.3 Å². The fourth-order valence-electron chi connectivity index (χ4n) is 3.59. The standard InChI is InChI=1S/C22H28ClN3O2/c1-3-28-21-7-5-4-6-20(21)26-14-12-25(13-15-26)16-22(27)24-17(2)18-8-10-19(23)11-9-18/h4-11,17H,3,12-16H2,1-2H3,(H,24,27)/p+1/t17-/m1/s1. The van der Waals surface area contributed by atoms with E-state index < -0.39 is 0 Å². The van der Waals surface area contributed by atoms with Gasteiger partial charge in [0.15, 0.2) is 6.54 Å². The van der Waals surface area contributed by atoms with Crippen LogP contribution in [-0.2, 0) is 4.79 Å². The van der Waals surface area contributed by atoms with Gasteiger partial charge in [-0.05, 0) is 43.7 Å². The summed E-state index contributed by atoms with van der Waals surface area (Å²) in [6.07, 6.45) is 0. The monoisotopic (exact) mass is 402 g/mol. The van der Waals surface area contributed by atoms with Gasteiger partial charge in [-0.1, -0.05) is 35.9 Å². The van der Waals surface area contributed by atoms with Crippen LogP contribution in [0.5, 0.6) is 5.75 Å². The van der Waals surface area contributed by atoms with Gasteiger partial charge in [0.1, 0.15) is 5.75 Å². The van der Waals surface area contributed by atoms with Crippen molar-refractivity contribution in [2.75, 3.05) is 44.2 Å². The first-order valence-electron chi connectivity index (χ1n) is 9.92. The maximum absolute atomic E-state index is 12.5. The number of para-hydroxylation sites is 2. The van der Waals surface area contributed by atoms with E-state index in [9.17, 15) is 4.79 Å². The van der Waals surface area contributed by atoms with Crippen molar-refractivity contribution in [3.05, 3.63) is 59.1 Å². The molecule has 0 bridgehead atoms. The molecule has 1 heterocycles. The molecule has 0 unspecified atom stereocenters. The highest BCUT2D eigenvalue weighted by Gasteiger charge is 2.24. The highest BCUT2D eigenvalue weighted by atomic mass is 35.5. The number of nitrogens with zero attached hydrogens (tertiary/aromatic N) is 1. The number of quaternary nitrogens is 1. The molecule has 1 aliphatic heterocycles. The molecule has 1 aliphatic rings. The number of anilines is 1. The third kappa shape index (κ3) is 5.40. The summed E-state index contributed by atoms with van der Waals surface area (Å²) in [5, 5.41) is 3.80. The van der Waals surface area contributed by atoms with Gasteiger partial charge in [0.05, 0.1) is 44.5 Å². The number of carbonyl (C=O) groups is 1. The van der Waals surface area contributed by atoms with E-state index in [-0.39, 0.29) is 11.9 Å². The average molecular weight is 403 g/mol. The summed E-state index contributed by atoms with van der Waals surface area (Å²) in [5.41, 5.74) is 2.20. The van der Waals surface area contributed by atoms with Crippen LogP contribution in [0.15, 0.2) is 48.5 Å². The van der Waals surface area contributed by atoms with Crippen LogP contribution in [-0.4, -0.2) is 45.2 Å². The van der Waals surface area contributed by atoms with Gasteiger partial charge in [0, 0.05) is 5.02 Å². The molecule has 2 aromatic carbocycles. The van der Waals surface area contributed by atoms with E-state index in [1.807, 2.05) is 56.3 Å². The summed E-state index contributed by atoms with van der Waals surface area (Å²) in [5.74, 6) is 1.02. The Labute approximate surface area is 172 Å². The molecule has 0 aromatic heterocycles. The molecular formula is C22H29ClN3O2+. The van der Waals surface area contributed by atoms with Crippen LogP contribution in [0, 0.1) is 0 Å². The number of rotatable bonds is 7. The van der Waals surface area contributed by atoms with Crippen LogP contribution in [0.3, 0.4) is 0 Å². The number of piperazine rings is 1. The first-order valence-corrected chi connectivity index (χ1v) is 10.3. The van der Waals surface area contributed by atoms with Crippen LogP contribution >= 0.6 is 11.6 Å². The minimum absolute atomic E-state index is 0.0245. The Kier molecular flexibility index (Phi) is 7.18. The maximum atomic E-state index is 12.5. The highest BCUT2D eigenvalue weighted by molar-refractivity contribution is 6.30. The number of carbonyl (C=O) groups excluding carboxylic acids is 1. The molecule has 1 fully saturated rings. The molecule has 5 nitrogen and oxygen atoms in total. The zero-order valence-electron chi connectivity index (χ0n) is 16.6. The normalized spacial score (nSPS) is 15.9. The molecule has 6 heteroatoms. The minimum atomic E-state index is -0.0245. The summed E-state index contributed by atoms with van der Waals surface area (Å²) < 4.78 is 5.75. The smallest absolute Gasteiger partial charge is 0.275 e. The molecule has 0 spiro atoms. The molecular weight excluding hydrogens is 374 g/mol. The second-order valence-electron chi connectivity index (χ2n) is 7.16. The number of benzene rings is 2. The quantitative estimate of drug-likeness (QED) is 0.747. The van der Waals surface area contributed by atoms with Gasteiger partial charge in [-0.15, -0.1) is 0 Å². The first kappa shape index (κ1) is 20.5. The third-order valence-electron chi connectivity index (χ3n) is 5.13. The Balaban J connectivity index is 1.49. The predicted octanol–water partition coefficient (Wildman–Crippen LogP) is 2.32. The van der Waals surface area contributed by atoms with Crippen molar-refractivity contribution < 1.29 is 14.4 Å². The van der Waals surface area contributed by atoms with Crippen LogP contribution in [0.1, 0.15) is 25.5 Å². The second-order valence-corrected chi connectivity index (χ2v) is 7.59. The summed E-state index contributed by atoms with van der Waals surface area (Å²) >= 11 is 5.93. The Hall–Kier alpha value is -2.24. The largest absolute Gasteiger partial charge is 0.492 e. The molecule has 1 amide bonds. The fourth-order valence-corrected chi connectivity index (χ4v) is 3.72. The molecule has 150 valence electrons. The number of hydrogen-bond acceptors (Lipinski definition) is 3. The lowest BCUT2D eigenvalue weighted by molar-refractivity contribution is -0.892. The van der Waals surface area contributed by atoms with Crippen molar-refractivity contribution >= 4 is 23.2 Å². The molecule has 0 radical (unpaired) electrons. The van der Waals surface area contributed by atoms with Gasteiger partial charge in [-0.3, -0.25) is 4.79 Å². The number of halogens is 1. The Morgan fingerprint density at radius 3 is 2.54 bits per heavy atom. The molecule has 0 aliphatic carbocycles. The maximum Gasteiger partial charge on any atom is 0.275 e. The zero-order chi connectivity index (χ0) is 19.9. The summed E-state index contributed by atoms with van der Waals surface area (Å²) in [4.78, 5) is 16.1. The van der Waals surface area contributed by atoms with E-state index in [0.717, 1.165) is 43.2 Å². The predicted molar refractivity (Wildman–Crippen MR) is 113 cm³/mol. The van der Waals surface area contributed by atoms with Gasteiger partial charge >= 0.3 is 0 Å². The van der Waals surface area contributed by atoms with E-state index >= 15 is 0 Å². The lowest BCUT2D eigenvalue weighted by Gasteiger charge is -2.34. The van der Waals surface area contributed by atoms with Gasteiger partial charge < -0.3 is 19.9 Å². The molecule has 2 N–H and O–H groups in total. The molecule has 1 atom stereocenters. The summed E-state index contributed by atoms with van der Waals surface area (Å²) in [6.45, 7) is 8.86. The van der Waals surface area contributed by atoms with Crippen LogP contribution in [0.2, 0.25) is 5.02 Å². The Morgan fingerprint density at radius 2 is 1.86 bits per heavy atom. The molecule has 0 saturated carbocycles. The van der Waals surface area contributed by atoms with Gasteiger partial charge in [0.2, 0.25) is 0 Å². The van der Waals surface area contributed by atoms with Crippen LogP contribution in [0.4, 0.5) is 5.69 Å². The van der Waals surface area contributed by atoms with Crippen LogP contribution < -0.4 is 19.9 Å². The Morgan fingerprint density at radius 1 is 1.18 bits per heavy atom. The van der Waals surface area contributed by atoms with Crippen molar-refractivity contribution in [1.82, 2.24) is 5.32 Å². The highest BCUT2D eigenvalue weighted by Crippen LogP contribution is 2.27. The fraction of sp³-hybridized carbons (Fsp3) is 0.409. The molecule has 2 aromatic rings. The topological polar surface area (TPSA) is 46.0 Å². The van der Waals surface area contributed by atoms with Crippen molar-refractivity contribution in [2.24, 2.45) is 0 Å². The summed E-state index contributed by atoms with van der Waals surface area (Å²) in [6, 6.07) is 15.8. The van der Waals surface area contributed by atoms with E-state index in [1.54, 1.807) is 0 Å². The number of amides is 1. The second kappa shape index (κ2) is 9.80.